The molecule has 0 aliphatic carbocycles. The number of carbonyl (C=O) groups excluding carboxylic acids is 2. The normalized spacial score (nSPS) is 17.1. The molecule has 0 bridgehead atoms. The molecule has 2 N–H and O–H groups in total. The van der Waals surface area contributed by atoms with Gasteiger partial charge in [-0.05, 0) is 6.92 Å². The van der Waals surface area contributed by atoms with Crippen molar-refractivity contribution in [1.29, 1.82) is 0 Å². The SMILES string of the molecule is CC(C)NC(C)Cc1ncc(O)c2c1OC(=O)/C=C/C(=O)O2. The van der Waals surface area contributed by atoms with Crippen LogP contribution in [0, 0.1) is 0 Å². The molecule has 0 radical (unpaired) electrons. The number of nitrogens with one attached hydrogen (secondary N) is 1. The topological polar surface area (TPSA) is 97.8 Å². The van der Waals surface area contributed by atoms with Gasteiger partial charge in [-0.2, -0.15) is 0 Å². The van der Waals surface area contributed by atoms with Crippen LogP contribution in [0.2, 0.25) is 0 Å². The summed E-state index contributed by atoms with van der Waals surface area (Å²) in [5.74, 6) is -2.07. The first kappa shape index (κ1) is 16.0. The van der Waals surface area contributed by atoms with E-state index in [4.69, 9.17) is 9.47 Å². The molecule has 0 amide bonds. The molecule has 2 heterocycles. The Morgan fingerprint density at radius 1 is 1.14 bits per heavy atom. The number of fused-ring (bicyclic) bond motifs is 1. The quantitative estimate of drug-likeness (QED) is 0.804. The molecule has 7 nitrogen and oxygen atoms in total. The average molecular weight is 306 g/mol. The lowest BCUT2D eigenvalue weighted by Gasteiger charge is -2.19. The Kier molecular flexibility index (Phi) is 4.77. The Balaban J connectivity index is 2.37. The maximum Gasteiger partial charge on any atom is 0.336 e. The number of hydrogen-bond acceptors (Lipinski definition) is 7. The minimum atomic E-state index is -0.765. The highest BCUT2D eigenvalue weighted by Crippen LogP contribution is 2.39. The highest BCUT2D eigenvalue weighted by molar-refractivity contribution is 5.95. The van der Waals surface area contributed by atoms with E-state index in [-0.39, 0.29) is 29.3 Å². The smallest absolute Gasteiger partial charge is 0.336 e. The van der Waals surface area contributed by atoms with Crippen LogP contribution in [0.4, 0.5) is 0 Å². The monoisotopic (exact) mass is 306 g/mol. The van der Waals surface area contributed by atoms with Crippen molar-refractivity contribution in [1.82, 2.24) is 10.3 Å². The summed E-state index contributed by atoms with van der Waals surface area (Å²) in [6.07, 6.45) is 3.51. The predicted molar refractivity (Wildman–Crippen MR) is 77.7 cm³/mol. The summed E-state index contributed by atoms with van der Waals surface area (Å²) >= 11 is 0. The van der Waals surface area contributed by atoms with Gasteiger partial charge in [0.1, 0.15) is 0 Å². The molecule has 0 aromatic carbocycles. The van der Waals surface area contributed by atoms with Crippen LogP contribution >= 0.6 is 0 Å². The van der Waals surface area contributed by atoms with Gasteiger partial charge in [0.15, 0.2) is 11.5 Å². The van der Waals surface area contributed by atoms with Crippen molar-refractivity contribution in [2.24, 2.45) is 0 Å². The Hall–Kier alpha value is -2.41. The summed E-state index contributed by atoms with van der Waals surface area (Å²) in [6, 6.07) is 0.328. The predicted octanol–water partition coefficient (Wildman–Crippen LogP) is 1.10. The molecule has 1 unspecified atom stereocenters. The van der Waals surface area contributed by atoms with Gasteiger partial charge in [0.05, 0.1) is 11.9 Å². The summed E-state index contributed by atoms with van der Waals surface area (Å²) in [6.45, 7) is 5.98. The molecule has 1 aliphatic heterocycles. The Morgan fingerprint density at radius 2 is 1.73 bits per heavy atom. The summed E-state index contributed by atoms with van der Waals surface area (Å²) < 4.78 is 10.2. The third-order valence-electron chi connectivity index (χ3n) is 2.92. The van der Waals surface area contributed by atoms with Crippen molar-refractivity contribution >= 4 is 11.9 Å². The van der Waals surface area contributed by atoms with Gasteiger partial charge in [-0.25, -0.2) is 9.59 Å². The van der Waals surface area contributed by atoms with Crippen LogP contribution in [0.15, 0.2) is 18.3 Å². The first-order valence-electron chi connectivity index (χ1n) is 6.95. The van der Waals surface area contributed by atoms with Crippen molar-refractivity contribution < 1.29 is 24.2 Å². The number of esters is 2. The van der Waals surface area contributed by atoms with Crippen LogP contribution in [0.1, 0.15) is 26.5 Å². The molecule has 1 aromatic rings. The lowest BCUT2D eigenvalue weighted by molar-refractivity contribution is -0.133. The summed E-state index contributed by atoms with van der Waals surface area (Å²) in [7, 11) is 0. The highest BCUT2D eigenvalue weighted by Gasteiger charge is 2.24. The molecule has 1 aromatic heterocycles. The van der Waals surface area contributed by atoms with E-state index >= 15 is 0 Å². The van der Waals surface area contributed by atoms with E-state index in [2.05, 4.69) is 10.3 Å². The van der Waals surface area contributed by atoms with Gasteiger partial charge in [-0.1, -0.05) is 13.8 Å². The molecule has 0 saturated carbocycles. The first-order chi connectivity index (χ1) is 10.4. The molecule has 0 saturated heterocycles. The third-order valence-corrected chi connectivity index (χ3v) is 2.92. The highest BCUT2D eigenvalue weighted by atomic mass is 16.6. The number of ether oxygens (including phenoxy) is 2. The van der Waals surface area contributed by atoms with Gasteiger partial charge in [0.2, 0.25) is 5.75 Å². The fraction of sp³-hybridized carbons (Fsp3) is 0.400. The van der Waals surface area contributed by atoms with Crippen LogP contribution in [-0.2, 0) is 16.0 Å². The third kappa shape index (κ3) is 3.82. The minimum Gasteiger partial charge on any atom is -0.503 e. The van der Waals surface area contributed by atoms with Gasteiger partial charge in [0.25, 0.3) is 0 Å². The summed E-state index contributed by atoms with van der Waals surface area (Å²) in [5, 5.41) is 13.1. The zero-order valence-electron chi connectivity index (χ0n) is 12.6. The van der Waals surface area contributed by atoms with Gasteiger partial charge >= 0.3 is 11.9 Å². The molecule has 2 rings (SSSR count). The molecule has 7 heteroatoms. The Bertz CT molecular complexity index is 625. The number of nitrogens with zero attached hydrogens (tertiary/aromatic N) is 1. The second-order valence-electron chi connectivity index (χ2n) is 5.35. The number of pyridine rings is 1. The van der Waals surface area contributed by atoms with Crippen LogP contribution in [0.25, 0.3) is 0 Å². The molecule has 1 atom stereocenters. The largest absolute Gasteiger partial charge is 0.503 e. The lowest BCUT2D eigenvalue weighted by atomic mass is 10.1. The van der Waals surface area contributed by atoms with E-state index < -0.39 is 11.9 Å². The molecular formula is C15H18N2O5. The Labute approximate surface area is 127 Å². The molecule has 0 spiro atoms. The molecule has 118 valence electrons. The van der Waals surface area contributed by atoms with E-state index in [1.807, 2.05) is 20.8 Å². The molecule has 0 fully saturated rings. The van der Waals surface area contributed by atoms with Crippen LogP contribution < -0.4 is 14.8 Å². The van der Waals surface area contributed by atoms with Crippen LogP contribution in [-0.4, -0.2) is 34.1 Å². The number of aromatic nitrogens is 1. The zero-order chi connectivity index (χ0) is 16.3. The van der Waals surface area contributed by atoms with Gasteiger partial charge < -0.3 is 19.9 Å². The number of hydrogen-bond donors (Lipinski definition) is 2. The minimum absolute atomic E-state index is 0.0277. The number of rotatable bonds is 4. The second-order valence-corrected chi connectivity index (χ2v) is 5.35. The van der Waals surface area contributed by atoms with Crippen LogP contribution in [0.5, 0.6) is 17.2 Å². The van der Waals surface area contributed by atoms with Crippen molar-refractivity contribution in [3.05, 3.63) is 24.0 Å². The van der Waals surface area contributed by atoms with E-state index in [0.717, 1.165) is 12.2 Å². The van der Waals surface area contributed by atoms with Gasteiger partial charge in [0, 0.05) is 30.7 Å². The van der Waals surface area contributed by atoms with Crippen molar-refractivity contribution in [3.63, 3.8) is 0 Å². The number of aromatic hydroxyl groups is 1. The van der Waals surface area contributed by atoms with E-state index in [1.165, 1.54) is 6.20 Å². The van der Waals surface area contributed by atoms with Gasteiger partial charge in [-0.15, -0.1) is 0 Å². The maximum absolute atomic E-state index is 11.6. The fourth-order valence-electron chi connectivity index (χ4n) is 2.18. The lowest BCUT2D eigenvalue weighted by Crippen LogP contribution is -2.34. The second kappa shape index (κ2) is 6.57. The standard InChI is InChI=1S/C15H18N2O5/c1-8(2)17-9(3)6-10-14-15(11(18)7-16-10)22-13(20)5-4-12(19)21-14/h4-5,7-9,17-18H,6H2,1-3H3/b5-4+. The molecular weight excluding hydrogens is 288 g/mol. The maximum atomic E-state index is 11.6. The van der Waals surface area contributed by atoms with Crippen molar-refractivity contribution in [2.45, 2.75) is 39.3 Å². The Morgan fingerprint density at radius 3 is 2.32 bits per heavy atom. The van der Waals surface area contributed by atoms with E-state index in [0.29, 0.717) is 12.1 Å². The zero-order valence-corrected chi connectivity index (χ0v) is 12.6. The van der Waals surface area contributed by atoms with E-state index in [1.54, 1.807) is 0 Å². The fourth-order valence-corrected chi connectivity index (χ4v) is 2.18. The average Bonchev–Trinajstić information content (AvgIpc) is 2.41. The number of carbonyl (C=O) groups is 2. The molecule has 1 aliphatic rings. The first-order valence-corrected chi connectivity index (χ1v) is 6.95. The van der Waals surface area contributed by atoms with E-state index in [9.17, 15) is 14.7 Å². The van der Waals surface area contributed by atoms with Crippen molar-refractivity contribution in [2.75, 3.05) is 0 Å². The van der Waals surface area contributed by atoms with Gasteiger partial charge in [-0.3, -0.25) is 4.98 Å². The summed E-state index contributed by atoms with van der Waals surface area (Å²) in [4.78, 5) is 27.2. The van der Waals surface area contributed by atoms with Crippen LogP contribution in [0.3, 0.4) is 0 Å². The summed E-state index contributed by atoms with van der Waals surface area (Å²) in [5.41, 5.74) is 0.421. The molecule has 22 heavy (non-hydrogen) atoms. The van der Waals surface area contributed by atoms with Crippen molar-refractivity contribution in [3.8, 4) is 17.2 Å².